The van der Waals surface area contributed by atoms with Gasteiger partial charge in [0.2, 0.25) is 0 Å². The molecule has 0 saturated carbocycles. The van der Waals surface area contributed by atoms with Crippen LogP contribution in [0.5, 0.6) is 0 Å². The Morgan fingerprint density at radius 1 is 0.773 bits per heavy atom. The van der Waals surface area contributed by atoms with Crippen LogP contribution < -0.4 is 16.8 Å². The number of aliphatic hydroxyl groups is 8. The zero-order chi connectivity index (χ0) is 32.5. The van der Waals surface area contributed by atoms with E-state index < -0.39 is 133 Å². The maximum atomic E-state index is 11.7. The third-order valence-corrected chi connectivity index (χ3v) is 8.69. The minimum absolute atomic E-state index is 0.292. The lowest BCUT2D eigenvalue weighted by molar-refractivity contribution is -0.350. The van der Waals surface area contributed by atoms with Gasteiger partial charge in [0, 0.05) is 0 Å². The molecule has 44 heavy (non-hydrogen) atoms. The summed E-state index contributed by atoms with van der Waals surface area (Å²) in [5.41, 5.74) is 11.7. The molecule has 21 heteroatoms. The summed E-state index contributed by atoms with van der Waals surface area (Å²) in [5.74, 6) is -0.292. The Kier molecular flexibility index (Phi) is 11.7. The van der Waals surface area contributed by atoms with Crippen molar-refractivity contribution in [1.29, 1.82) is 0 Å². The minimum Gasteiger partial charge on any atom is -0.466 e. The average molecular weight is 662 g/mol. The highest BCUT2D eigenvalue weighted by Gasteiger charge is 2.53. The number of hydrogen-bond donors (Lipinski definition) is 12. The molecule has 3 aliphatic rings. The van der Waals surface area contributed by atoms with Crippen molar-refractivity contribution in [1.82, 2.24) is 5.32 Å². The Morgan fingerprint density at radius 2 is 1.34 bits per heavy atom. The predicted octanol–water partition coefficient (Wildman–Crippen LogP) is -7.00. The quantitative estimate of drug-likeness (QED) is 0.0980. The van der Waals surface area contributed by atoms with Crippen LogP contribution >= 0.6 is 0 Å². The minimum atomic E-state index is -4.71. The summed E-state index contributed by atoms with van der Waals surface area (Å²) >= 11 is 0. The first kappa shape index (κ1) is 35.4. The highest BCUT2D eigenvalue weighted by Crippen LogP contribution is 2.32. The summed E-state index contributed by atoms with van der Waals surface area (Å²) < 4.78 is 66.4. The lowest BCUT2D eigenvalue weighted by Gasteiger charge is -2.49. The SMILES string of the molecule is N[C@H]1[C@H](OC2[C@@H](CO)O[C@@H](OC3[C@@H](CO)O[C@@H](O)[C@H](N)[C@H]3O)[C@H](NCc3occc3S(=O)(=O)O)[C@H]2O)O[C@H](CO)[C@@H](O)[C@@H]1O. The monoisotopic (exact) mass is 661 g/mol. The van der Waals surface area contributed by atoms with Crippen LogP contribution in [0.1, 0.15) is 5.76 Å². The Labute approximate surface area is 250 Å². The summed E-state index contributed by atoms with van der Waals surface area (Å²) in [6.07, 6.45) is -17.5. The smallest absolute Gasteiger partial charge is 0.298 e. The van der Waals surface area contributed by atoms with Gasteiger partial charge in [0.05, 0.1) is 50.8 Å². The van der Waals surface area contributed by atoms with Crippen LogP contribution in [0.3, 0.4) is 0 Å². The van der Waals surface area contributed by atoms with Gasteiger partial charge in [0.1, 0.15) is 65.6 Å². The van der Waals surface area contributed by atoms with Crippen molar-refractivity contribution in [2.75, 3.05) is 19.8 Å². The number of hydrogen-bond acceptors (Lipinski definition) is 19. The van der Waals surface area contributed by atoms with Crippen molar-refractivity contribution in [2.45, 2.75) is 103 Å². The van der Waals surface area contributed by atoms with Crippen molar-refractivity contribution in [3.05, 3.63) is 18.1 Å². The van der Waals surface area contributed by atoms with Gasteiger partial charge < -0.3 is 85.7 Å². The summed E-state index contributed by atoms with van der Waals surface area (Å²) in [4.78, 5) is -0.588. The number of aliphatic hydroxyl groups excluding tert-OH is 8. The van der Waals surface area contributed by atoms with Gasteiger partial charge in [-0.15, -0.1) is 0 Å². The largest absolute Gasteiger partial charge is 0.466 e. The lowest BCUT2D eigenvalue weighted by atomic mass is 9.94. The molecule has 14 N–H and O–H groups in total. The van der Waals surface area contributed by atoms with Crippen LogP contribution in [0.2, 0.25) is 0 Å². The Bertz CT molecular complexity index is 1170. The van der Waals surface area contributed by atoms with Crippen LogP contribution in [0.4, 0.5) is 0 Å². The second kappa shape index (κ2) is 14.5. The fraction of sp³-hybridized carbons (Fsp3) is 0.826. The van der Waals surface area contributed by atoms with E-state index >= 15 is 0 Å². The Balaban J connectivity index is 1.62. The van der Waals surface area contributed by atoms with E-state index in [1.807, 2.05) is 0 Å². The van der Waals surface area contributed by atoms with E-state index in [0.29, 0.717) is 0 Å². The van der Waals surface area contributed by atoms with Gasteiger partial charge in [-0.2, -0.15) is 8.42 Å². The zero-order valence-corrected chi connectivity index (χ0v) is 23.8. The second-order valence-electron chi connectivity index (χ2n) is 10.6. The zero-order valence-electron chi connectivity index (χ0n) is 23.0. The summed E-state index contributed by atoms with van der Waals surface area (Å²) in [5, 5.41) is 84.8. The number of nitrogens with two attached hydrogens (primary N) is 2. The molecule has 4 heterocycles. The van der Waals surface area contributed by atoms with Gasteiger partial charge in [-0.25, -0.2) is 0 Å². The molecular formula is C23H39N3O17S. The van der Waals surface area contributed by atoms with E-state index in [-0.39, 0.29) is 5.76 Å². The van der Waals surface area contributed by atoms with Gasteiger partial charge >= 0.3 is 0 Å². The first-order chi connectivity index (χ1) is 20.7. The molecule has 0 spiro atoms. The molecule has 0 bridgehead atoms. The third-order valence-electron chi connectivity index (χ3n) is 7.77. The van der Waals surface area contributed by atoms with Gasteiger partial charge in [-0.3, -0.25) is 4.55 Å². The summed E-state index contributed by atoms with van der Waals surface area (Å²) in [6.45, 7) is -2.78. The molecule has 1 aromatic heterocycles. The maximum Gasteiger partial charge on any atom is 0.298 e. The van der Waals surface area contributed by atoms with Gasteiger partial charge in [-0.05, 0) is 6.07 Å². The van der Waals surface area contributed by atoms with Crippen molar-refractivity contribution < 1.29 is 81.9 Å². The highest BCUT2D eigenvalue weighted by molar-refractivity contribution is 7.85. The fourth-order valence-corrected chi connectivity index (χ4v) is 5.91. The van der Waals surface area contributed by atoms with Crippen molar-refractivity contribution in [3.63, 3.8) is 0 Å². The van der Waals surface area contributed by atoms with Gasteiger partial charge in [0.25, 0.3) is 10.1 Å². The van der Waals surface area contributed by atoms with Crippen molar-refractivity contribution in [2.24, 2.45) is 11.5 Å². The number of ether oxygens (including phenoxy) is 5. The number of furan rings is 1. The molecule has 3 aliphatic heterocycles. The molecule has 4 rings (SSSR count). The number of nitrogens with one attached hydrogen (secondary N) is 1. The first-order valence-electron chi connectivity index (χ1n) is 13.5. The third kappa shape index (κ3) is 7.25. The predicted molar refractivity (Wildman–Crippen MR) is 138 cm³/mol. The van der Waals surface area contributed by atoms with Crippen LogP contribution in [-0.2, 0) is 40.3 Å². The molecule has 0 amide bonds. The molecule has 3 saturated heterocycles. The van der Waals surface area contributed by atoms with Crippen LogP contribution in [0.25, 0.3) is 0 Å². The highest BCUT2D eigenvalue weighted by atomic mass is 32.2. The molecule has 3 fully saturated rings. The molecule has 15 atom stereocenters. The summed E-state index contributed by atoms with van der Waals surface area (Å²) in [7, 11) is -4.71. The molecule has 254 valence electrons. The van der Waals surface area contributed by atoms with E-state index in [4.69, 9.17) is 39.6 Å². The molecular weight excluding hydrogens is 622 g/mol. The topological polar surface area (TPSA) is 340 Å². The van der Waals surface area contributed by atoms with Gasteiger partial charge in [0.15, 0.2) is 18.9 Å². The molecule has 20 nitrogen and oxygen atoms in total. The molecule has 0 aliphatic carbocycles. The first-order valence-corrected chi connectivity index (χ1v) is 15.0. The maximum absolute atomic E-state index is 11.7. The van der Waals surface area contributed by atoms with Crippen LogP contribution in [0.15, 0.2) is 21.6 Å². The van der Waals surface area contributed by atoms with E-state index in [1.165, 1.54) is 0 Å². The Hall–Kier alpha value is -1.45. The van der Waals surface area contributed by atoms with Crippen LogP contribution in [-0.4, -0.2) is 166 Å². The van der Waals surface area contributed by atoms with Crippen molar-refractivity contribution >= 4 is 10.1 Å². The molecule has 0 radical (unpaired) electrons. The van der Waals surface area contributed by atoms with Gasteiger partial charge in [-0.1, -0.05) is 0 Å². The lowest BCUT2D eigenvalue weighted by Crippen LogP contribution is -2.69. The van der Waals surface area contributed by atoms with E-state index in [2.05, 4.69) is 5.32 Å². The second-order valence-corrected chi connectivity index (χ2v) is 12.0. The molecule has 1 aromatic rings. The number of rotatable bonds is 11. The molecule has 2 unspecified atom stereocenters. The fourth-order valence-electron chi connectivity index (χ4n) is 5.27. The van der Waals surface area contributed by atoms with Crippen molar-refractivity contribution in [3.8, 4) is 0 Å². The Morgan fingerprint density at radius 3 is 1.95 bits per heavy atom. The normalized spacial score (nSPS) is 43.7. The molecule has 0 aromatic carbocycles. The van der Waals surface area contributed by atoms with Crippen LogP contribution in [0, 0.1) is 0 Å². The summed E-state index contributed by atoms with van der Waals surface area (Å²) in [6, 6.07) is -3.25. The standard InChI is InChI=1S/C23H39N3O17S/c24-12-17(32)19(9(5-28)39-21(12)34)43-23-14(26-3-7-11(1-2-38-7)44(35,36)37)18(33)20(10(6-29)41-23)42-22-13(25)16(31)15(30)8(4-27)40-22/h1-2,8-10,12-23,26-34H,3-6,24-25H2,(H,35,36,37)/t8-,9-,10-,12-,13-,14-,15-,16-,17-,18-,19?,20?,21-,22+,23+/m1/s1. The van der Waals surface area contributed by atoms with E-state index in [1.54, 1.807) is 0 Å². The van der Waals surface area contributed by atoms with E-state index in [9.17, 15) is 53.8 Å². The van der Waals surface area contributed by atoms with E-state index in [0.717, 1.165) is 12.3 Å². The average Bonchev–Trinajstić information content (AvgIpc) is 3.47.